The molecule has 2 amide bonds. The summed E-state index contributed by atoms with van der Waals surface area (Å²) in [6.45, 7) is 1.65. The zero-order valence-corrected chi connectivity index (χ0v) is 12.8. The molecule has 3 rings (SSSR count). The SMILES string of the molecule is CC(NC(=O)Cc1n[nH]c(=O)c2ccccc12)C(=O)NC1CC1. The van der Waals surface area contributed by atoms with Gasteiger partial charge in [-0.05, 0) is 25.8 Å². The van der Waals surface area contributed by atoms with Crippen molar-refractivity contribution in [2.24, 2.45) is 0 Å². The zero-order valence-electron chi connectivity index (χ0n) is 12.8. The normalized spacial score (nSPS) is 15.2. The van der Waals surface area contributed by atoms with Crippen molar-refractivity contribution in [3.63, 3.8) is 0 Å². The number of H-pyrrole nitrogens is 1. The van der Waals surface area contributed by atoms with E-state index < -0.39 is 6.04 Å². The van der Waals surface area contributed by atoms with Crippen LogP contribution in [0.1, 0.15) is 25.5 Å². The minimum absolute atomic E-state index is 0.00164. The summed E-state index contributed by atoms with van der Waals surface area (Å²) in [5.41, 5.74) is 0.189. The lowest BCUT2D eigenvalue weighted by atomic mass is 10.1. The number of fused-ring (bicyclic) bond motifs is 1. The molecular formula is C16H18N4O3. The molecule has 0 spiro atoms. The van der Waals surface area contributed by atoms with E-state index in [1.165, 1.54) is 0 Å². The highest BCUT2D eigenvalue weighted by Gasteiger charge is 2.26. The van der Waals surface area contributed by atoms with Crippen LogP contribution in [0.4, 0.5) is 0 Å². The highest BCUT2D eigenvalue weighted by molar-refractivity contribution is 5.91. The van der Waals surface area contributed by atoms with Crippen LogP contribution >= 0.6 is 0 Å². The van der Waals surface area contributed by atoms with Gasteiger partial charge in [0.1, 0.15) is 6.04 Å². The molecule has 1 aliphatic rings. The van der Waals surface area contributed by atoms with Gasteiger partial charge in [0.05, 0.1) is 17.5 Å². The van der Waals surface area contributed by atoms with E-state index >= 15 is 0 Å². The molecule has 0 radical (unpaired) electrons. The molecule has 2 aromatic rings. The Bertz CT molecular complexity index is 810. The molecule has 0 bridgehead atoms. The number of aromatic amines is 1. The molecule has 1 aromatic heterocycles. The first kappa shape index (κ1) is 15.2. The van der Waals surface area contributed by atoms with Gasteiger partial charge in [-0.15, -0.1) is 0 Å². The molecule has 23 heavy (non-hydrogen) atoms. The molecule has 1 unspecified atom stereocenters. The van der Waals surface area contributed by atoms with Gasteiger partial charge in [-0.2, -0.15) is 5.10 Å². The molecule has 1 atom stereocenters. The predicted molar refractivity (Wildman–Crippen MR) is 84.8 cm³/mol. The Morgan fingerprint density at radius 3 is 2.70 bits per heavy atom. The van der Waals surface area contributed by atoms with Crippen molar-refractivity contribution in [1.82, 2.24) is 20.8 Å². The molecule has 1 aromatic carbocycles. The fourth-order valence-corrected chi connectivity index (χ4v) is 2.37. The molecule has 1 aliphatic carbocycles. The predicted octanol–water partition coefficient (Wildman–Crippen LogP) is 0.249. The van der Waals surface area contributed by atoms with E-state index in [9.17, 15) is 14.4 Å². The Kier molecular flexibility index (Phi) is 4.10. The number of carbonyl (C=O) groups is 2. The number of aromatic nitrogens is 2. The third-order valence-electron chi connectivity index (χ3n) is 3.80. The minimum atomic E-state index is -0.600. The van der Waals surface area contributed by atoms with Gasteiger partial charge in [0.25, 0.3) is 5.56 Å². The highest BCUT2D eigenvalue weighted by atomic mass is 16.2. The summed E-state index contributed by atoms with van der Waals surface area (Å²) < 4.78 is 0. The Morgan fingerprint density at radius 2 is 2.00 bits per heavy atom. The summed E-state index contributed by atoms with van der Waals surface area (Å²) in [5, 5.41) is 13.0. The van der Waals surface area contributed by atoms with Gasteiger partial charge in [0.2, 0.25) is 11.8 Å². The molecule has 0 saturated heterocycles. The maximum Gasteiger partial charge on any atom is 0.272 e. The highest BCUT2D eigenvalue weighted by Crippen LogP contribution is 2.18. The molecule has 1 saturated carbocycles. The van der Waals surface area contributed by atoms with Crippen LogP contribution in [0.3, 0.4) is 0 Å². The number of nitrogens with one attached hydrogen (secondary N) is 3. The fraction of sp³-hybridized carbons (Fsp3) is 0.375. The van der Waals surface area contributed by atoms with Crippen molar-refractivity contribution in [2.45, 2.75) is 38.3 Å². The number of carbonyl (C=O) groups excluding carboxylic acids is 2. The van der Waals surface area contributed by atoms with E-state index in [1.54, 1.807) is 31.2 Å². The van der Waals surface area contributed by atoms with Crippen molar-refractivity contribution in [3.8, 4) is 0 Å². The molecule has 7 heteroatoms. The van der Waals surface area contributed by atoms with Gasteiger partial charge in [0.15, 0.2) is 0 Å². The standard InChI is InChI=1S/C16H18N4O3/c1-9(15(22)18-10-6-7-10)17-14(21)8-13-11-4-2-3-5-12(11)16(23)20-19-13/h2-5,9-10H,6-8H2,1H3,(H,17,21)(H,18,22)(H,20,23). The molecule has 3 N–H and O–H groups in total. The van der Waals surface area contributed by atoms with Gasteiger partial charge < -0.3 is 10.6 Å². The number of hydrogen-bond acceptors (Lipinski definition) is 4. The van der Waals surface area contributed by atoms with Gasteiger partial charge in [0, 0.05) is 11.4 Å². The zero-order chi connectivity index (χ0) is 16.4. The van der Waals surface area contributed by atoms with Gasteiger partial charge in [-0.3, -0.25) is 14.4 Å². The third kappa shape index (κ3) is 3.56. The third-order valence-corrected chi connectivity index (χ3v) is 3.80. The fourth-order valence-electron chi connectivity index (χ4n) is 2.37. The van der Waals surface area contributed by atoms with Crippen LogP contribution in [-0.4, -0.2) is 34.1 Å². The lowest BCUT2D eigenvalue weighted by molar-refractivity contribution is -0.128. The first-order valence-corrected chi connectivity index (χ1v) is 7.60. The molecular weight excluding hydrogens is 296 g/mol. The van der Waals surface area contributed by atoms with E-state index in [2.05, 4.69) is 20.8 Å². The van der Waals surface area contributed by atoms with Crippen LogP contribution in [0.5, 0.6) is 0 Å². The number of nitrogens with zero attached hydrogens (tertiary/aromatic N) is 1. The van der Waals surface area contributed by atoms with Crippen LogP contribution in [-0.2, 0) is 16.0 Å². The second-order valence-electron chi connectivity index (χ2n) is 5.79. The molecule has 7 nitrogen and oxygen atoms in total. The lowest BCUT2D eigenvalue weighted by Crippen LogP contribution is -2.46. The molecule has 120 valence electrons. The largest absolute Gasteiger partial charge is 0.352 e. The number of amides is 2. The average molecular weight is 314 g/mol. The molecule has 1 fully saturated rings. The second kappa shape index (κ2) is 6.20. The van der Waals surface area contributed by atoms with E-state index in [4.69, 9.17) is 0 Å². The smallest absolute Gasteiger partial charge is 0.272 e. The Balaban J connectivity index is 1.69. The first-order valence-electron chi connectivity index (χ1n) is 7.60. The number of rotatable bonds is 5. The molecule has 1 heterocycles. The van der Waals surface area contributed by atoms with Crippen molar-refractivity contribution >= 4 is 22.6 Å². The first-order chi connectivity index (χ1) is 11.0. The lowest BCUT2D eigenvalue weighted by Gasteiger charge is -2.14. The Hall–Kier alpha value is -2.70. The summed E-state index contributed by atoms with van der Waals surface area (Å²) >= 11 is 0. The maximum atomic E-state index is 12.1. The quantitative estimate of drug-likeness (QED) is 0.736. The monoisotopic (exact) mass is 314 g/mol. The summed E-state index contributed by atoms with van der Waals surface area (Å²) in [6, 6.07) is 6.64. The van der Waals surface area contributed by atoms with E-state index in [0.717, 1.165) is 12.8 Å². The van der Waals surface area contributed by atoms with Crippen LogP contribution in [0.25, 0.3) is 10.8 Å². The van der Waals surface area contributed by atoms with Gasteiger partial charge >= 0.3 is 0 Å². The van der Waals surface area contributed by atoms with Crippen molar-refractivity contribution in [1.29, 1.82) is 0 Å². The maximum absolute atomic E-state index is 12.1. The van der Waals surface area contributed by atoms with Crippen molar-refractivity contribution in [2.75, 3.05) is 0 Å². The summed E-state index contributed by atoms with van der Waals surface area (Å²) in [4.78, 5) is 35.7. The van der Waals surface area contributed by atoms with E-state index in [-0.39, 0.29) is 29.8 Å². The van der Waals surface area contributed by atoms with Crippen LogP contribution in [0.15, 0.2) is 29.1 Å². The average Bonchev–Trinajstić information content (AvgIpc) is 3.34. The van der Waals surface area contributed by atoms with Crippen LogP contribution in [0, 0.1) is 0 Å². The Labute approximate surface area is 132 Å². The van der Waals surface area contributed by atoms with Gasteiger partial charge in [-0.1, -0.05) is 18.2 Å². The minimum Gasteiger partial charge on any atom is -0.352 e. The van der Waals surface area contributed by atoms with E-state index in [1.807, 2.05) is 0 Å². The summed E-state index contributed by atoms with van der Waals surface area (Å²) in [5.74, 6) is -0.492. The van der Waals surface area contributed by atoms with Crippen LogP contribution < -0.4 is 16.2 Å². The topological polar surface area (TPSA) is 104 Å². The number of benzene rings is 1. The van der Waals surface area contributed by atoms with Gasteiger partial charge in [-0.25, -0.2) is 5.10 Å². The van der Waals surface area contributed by atoms with Crippen molar-refractivity contribution in [3.05, 3.63) is 40.3 Å². The van der Waals surface area contributed by atoms with Crippen molar-refractivity contribution < 1.29 is 9.59 Å². The summed E-state index contributed by atoms with van der Waals surface area (Å²) in [6.07, 6.45) is 2.00. The van der Waals surface area contributed by atoms with E-state index in [0.29, 0.717) is 16.5 Å². The summed E-state index contributed by atoms with van der Waals surface area (Å²) in [7, 11) is 0. The number of hydrogen-bond donors (Lipinski definition) is 3. The van der Waals surface area contributed by atoms with Crippen LogP contribution in [0.2, 0.25) is 0 Å². The Morgan fingerprint density at radius 1 is 1.30 bits per heavy atom. The second-order valence-corrected chi connectivity index (χ2v) is 5.79. The molecule has 0 aliphatic heterocycles.